The van der Waals surface area contributed by atoms with Crippen molar-refractivity contribution in [2.75, 3.05) is 0 Å². The van der Waals surface area contributed by atoms with Crippen molar-refractivity contribution in [2.24, 2.45) is 5.10 Å². The van der Waals surface area contributed by atoms with Crippen molar-refractivity contribution in [1.82, 2.24) is 5.43 Å². The number of hydrogen-bond acceptors (Lipinski definition) is 3. The van der Waals surface area contributed by atoms with Crippen LogP contribution in [0.2, 0.25) is 0 Å². The van der Waals surface area contributed by atoms with E-state index in [4.69, 9.17) is 0 Å². The Hall–Kier alpha value is -1.88. The summed E-state index contributed by atoms with van der Waals surface area (Å²) in [4.78, 5) is 0. The van der Waals surface area contributed by atoms with Crippen molar-refractivity contribution in [2.45, 2.75) is 12.5 Å². The molecule has 1 unspecified atom stereocenters. The molecule has 102 valence electrons. The molecule has 0 amide bonds. The number of hydrazone groups is 1. The standard InChI is InChI=1S/C15H12BrFN2O/c16-10-3-6-15(20)12(7-10)14-8-13(18-19-14)9-1-4-11(17)5-2-9/h1-7,14,19-20H,8H2. The van der Waals surface area contributed by atoms with Gasteiger partial charge in [0.1, 0.15) is 11.6 Å². The summed E-state index contributed by atoms with van der Waals surface area (Å²) in [7, 11) is 0. The Morgan fingerprint density at radius 3 is 2.70 bits per heavy atom. The average molecular weight is 335 g/mol. The van der Waals surface area contributed by atoms with E-state index in [1.165, 1.54) is 12.1 Å². The molecule has 0 radical (unpaired) electrons. The number of aromatic hydroxyl groups is 1. The third kappa shape index (κ3) is 2.54. The van der Waals surface area contributed by atoms with Gasteiger partial charge in [-0.15, -0.1) is 0 Å². The highest BCUT2D eigenvalue weighted by atomic mass is 79.9. The summed E-state index contributed by atoms with van der Waals surface area (Å²) in [5.74, 6) is -0.0252. The van der Waals surface area contributed by atoms with Crippen molar-refractivity contribution in [1.29, 1.82) is 0 Å². The van der Waals surface area contributed by atoms with E-state index in [9.17, 15) is 9.50 Å². The maximum atomic E-state index is 12.9. The van der Waals surface area contributed by atoms with Crippen LogP contribution in [0.5, 0.6) is 5.75 Å². The van der Waals surface area contributed by atoms with E-state index in [1.807, 2.05) is 6.07 Å². The number of rotatable bonds is 2. The zero-order chi connectivity index (χ0) is 14.1. The highest BCUT2D eigenvalue weighted by Gasteiger charge is 2.23. The zero-order valence-corrected chi connectivity index (χ0v) is 12.1. The molecule has 0 saturated heterocycles. The molecule has 0 spiro atoms. The fourth-order valence-corrected chi connectivity index (χ4v) is 2.63. The van der Waals surface area contributed by atoms with Gasteiger partial charge in [0.25, 0.3) is 0 Å². The summed E-state index contributed by atoms with van der Waals surface area (Å²) >= 11 is 3.39. The molecule has 1 heterocycles. The molecule has 1 atom stereocenters. The smallest absolute Gasteiger partial charge is 0.123 e. The lowest BCUT2D eigenvalue weighted by Gasteiger charge is -2.12. The van der Waals surface area contributed by atoms with Gasteiger partial charge in [0.2, 0.25) is 0 Å². The average Bonchev–Trinajstić information content (AvgIpc) is 2.92. The Kier molecular flexibility index (Phi) is 3.44. The molecule has 5 heteroatoms. The highest BCUT2D eigenvalue weighted by molar-refractivity contribution is 9.10. The fourth-order valence-electron chi connectivity index (χ4n) is 2.25. The molecule has 0 bridgehead atoms. The summed E-state index contributed by atoms with van der Waals surface area (Å²) in [6.07, 6.45) is 0.648. The summed E-state index contributed by atoms with van der Waals surface area (Å²) < 4.78 is 13.8. The first-order valence-electron chi connectivity index (χ1n) is 6.20. The van der Waals surface area contributed by atoms with Crippen LogP contribution < -0.4 is 5.43 Å². The Balaban J connectivity index is 1.82. The second kappa shape index (κ2) is 5.25. The van der Waals surface area contributed by atoms with Crippen LogP contribution in [0.4, 0.5) is 4.39 Å². The summed E-state index contributed by atoms with van der Waals surface area (Å²) in [5, 5.41) is 14.2. The molecule has 0 fully saturated rings. The predicted octanol–water partition coefficient (Wildman–Crippen LogP) is 3.73. The van der Waals surface area contributed by atoms with Gasteiger partial charge in [0.15, 0.2) is 0 Å². The summed E-state index contributed by atoms with van der Waals surface area (Å²) in [6.45, 7) is 0. The van der Waals surface area contributed by atoms with Gasteiger partial charge in [-0.3, -0.25) is 0 Å². The van der Waals surface area contributed by atoms with Crippen LogP contribution in [0.25, 0.3) is 0 Å². The van der Waals surface area contributed by atoms with Gasteiger partial charge in [0.05, 0.1) is 11.8 Å². The largest absolute Gasteiger partial charge is 0.508 e. The van der Waals surface area contributed by atoms with Crippen LogP contribution in [0.15, 0.2) is 52.0 Å². The number of nitrogens with one attached hydrogen (secondary N) is 1. The lowest BCUT2D eigenvalue weighted by molar-refractivity contribution is 0.455. The Morgan fingerprint density at radius 1 is 1.20 bits per heavy atom. The summed E-state index contributed by atoms with van der Waals surface area (Å²) in [5.41, 5.74) is 5.55. The van der Waals surface area contributed by atoms with Crippen LogP contribution in [-0.4, -0.2) is 10.8 Å². The van der Waals surface area contributed by atoms with E-state index in [1.54, 1.807) is 24.3 Å². The minimum Gasteiger partial charge on any atom is -0.508 e. The van der Waals surface area contributed by atoms with Crippen LogP contribution >= 0.6 is 15.9 Å². The second-order valence-electron chi connectivity index (χ2n) is 4.65. The lowest BCUT2D eigenvalue weighted by Crippen LogP contribution is -2.10. The van der Waals surface area contributed by atoms with Gasteiger partial charge >= 0.3 is 0 Å². The van der Waals surface area contributed by atoms with Crippen LogP contribution in [0.3, 0.4) is 0 Å². The number of benzene rings is 2. The van der Waals surface area contributed by atoms with Crippen LogP contribution in [-0.2, 0) is 0 Å². The maximum absolute atomic E-state index is 12.9. The predicted molar refractivity (Wildman–Crippen MR) is 79.2 cm³/mol. The molecule has 2 aromatic rings. The third-order valence-electron chi connectivity index (χ3n) is 3.30. The van der Waals surface area contributed by atoms with E-state index in [-0.39, 0.29) is 17.6 Å². The fraction of sp³-hybridized carbons (Fsp3) is 0.133. The molecule has 3 rings (SSSR count). The van der Waals surface area contributed by atoms with Crippen molar-refractivity contribution in [3.8, 4) is 5.75 Å². The third-order valence-corrected chi connectivity index (χ3v) is 3.79. The first kappa shape index (κ1) is 13.1. The Morgan fingerprint density at radius 2 is 1.95 bits per heavy atom. The van der Waals surface area contributed by atoms with Gasteiger partial charge in [-0.2, -0.15) is 5.10 Å². The van der Waals surface area contributed by atoms with E-state index in [2.05, 4.69) is 26.5 Å². The second-order valence-corrected chi connectivity index (χ2v) is 5.57. The molecule has 1 aliphatic heterocycles. The lowest BCUT2D eigenvalue weighted by atomic mass is 9.98. The molecule has 3 nitrogen and oxygen atoms in total. The molecular formula is C15H12BrFN2O. The van der Waals surface area contributed by atoms with Crippen molar-refractivity contribution in [3.63, 3.8) is 0 Å². The van der Waals surface area contributed by atoms with E-state index in [0.29, 0.717) is 6.42 Å². The zero-order valence-electron chi connectivity index (χ0n) is 10.5. The molecule has 1 aliphatic rings. The minimum absolute atomic E-state index is 0.0763. The SMILES string of the molecule is Oc1ccc(Br)cc1C1CC(c2ccc(F)cc2)=NN1. The number of phenolic OH excluding ortho intramolecular Hbond substituents is 1. The first-order chi connectivity index (χ1) is 9.63. The van der Waals surface area contributed by atoms with Gasteiger partial charge in [0, 0.05) is 16.5 Å². The molecular weight excluding hydrogens is 323 g/mol. The van der Waals surface area contributed by atoms with E-state index < -0.39 is 0 Å². The molecule has 0 aromatic heterocycles. The Labute approximate surface area is 124 Å². The van der Waals surface area contributed by atoms with Crippen molar-refractivity contribution in [3.05, 3.63) is 63.9 Å². The molecule has 2 N–H and O–H groups in total. The molecule has 2 aromatic carbocycles. The normalized spacial score (nSPS) is 17.7. The van der Waals surface area contributed by atoms with Crippen molar-refractivity contribution >= 4 is 21.6 Å². The number of hydrogen-bond donors (Lipinski definition) is 2. The monoisotopic (exact) mass is 334 g/mol. The molecule has 0 aliphatic carbocycles. The van der Waals surface area contributed by atoms with E-state index >= 15 is 0 Å². The number of phenols is 1. The van der Waals surface area contributed by atoms with Gasteiger partial charge in [-0.05, 0) is 35.9 Å². The first-order valence-corrected chi connectivity index (χ1v) is 6.99. The highest BCUT2D eigenvalue weighted by Crippen LogP contribution is 2.32. The van der Waals surface area contributed by atoms with Crippen LogP contribution in [0.1, 0.15) is 23.6 Å². The van der Waals surface area contributed by atoms with Crippen LogP contribution in [0, 0.1) is 5.82 Å². The molecule has 0 saturated carbocycles. The maximum Gasteiger partial charge on any atom is 0.123 e. The molecule has 20 heavy (non-hydrogen) atoms. The topological polar surface area (TPSA) is 44.6 Å². The number of halogens is 2. The minimum atomic E-state index is -0.263. The van der Waals surface area contributed by atoms with Gasteiger partial charge in [-0.25, -0.2) is 4.39 Å². The van der Waals surface area contributed by atoms with Gasteiger partial charge in [-0.1, -0.05) is 28.1 Å². The number of nitrogens with zero attached hydrogens (tertiary/aromatic N) is 1. The Bertz CT molecular complexity index is 670. The quantitative estimate of drug-likeness (QED) is 0.878. The van der Waals surface area contributed by atoms with Crippen molar-refractivity contribution < 1.29 is 9.50 Å². The van der Waals surface area contributed by atoms with Gasteiger partial charge < -0.3 is 10.5 Å². The summed E-state index contributed by atoms with van der Waals surface area (Å²) in [6, 6.07) is 11.5. The van der Waals surface area contributed by atoms with E-state index in [0.717, 1.165) is 21.3 Å².